The number of hydrogen-bond donors (Lipinski definition) is 3. The SMILES string of the molecule is NC(=O)[C@H](CCCCNc1ccc([N+](=O)[O-])cc1)Nc1ccc([N+](=O)[O-])cc1. The number of carbonyl (C=O) groups excluding carboxylic acids is 1. The summed E-state index contributed by atoms with van der Waals surface area (Å²) < 4.78 is 0. The number of nitrogens with one attached hydrogen (secondary N) is 2. The van der Waals surface area contributed by atoms with E-state index in [2.05, 4.69) is 10.6 Å². The summed E-state index contributed by atoms with van der Waals surface area (Å²) in [5.41, 5.74) is 6.79. The van der Waals surface area contributed by atoms with Crippen LogP contribution in [0.4, 0.5) is 22.7 Å². The molecule has 10 nitrogen and oxygen atoms in total. The lowest BCUT2D eigenvalue weighted by atomic mass is 10.1. The van der Waals surface area contributed by atoms with Crippen molar-refractivity contribution in [2.45, 2.75) is 25.3 Å². The number of non-ortho nitro benzene ring substituents is 2. The maximum atomic E-state index is 11.6. The first-order valence-electron chi connectivity index (χ1n) is 8.65. The van der Waals surface area contributed by atoms with Gasteiger partial charge in [0.25, 0.3) is 11.4 Å². The Morgan fingerprint density at radius 2 is 1.39 bits per heavy atom. The zero-order valence-corrected chi connectivity index (χ0v) is 15.0. The Kier molecular flexibility index (Phi) is 7.26. The highest BCUT2D eigenvalue weighted by molar-refractivity contribution is 5.82. The summed E-state index contributed by atoms with van der Waals surface area (Å²) in [6.45, 7) is 0.640. The monoisotopic (exact) mass is 387 g/mol. The molecule has 0 saturated carbocycles. The van der Waals surface area contributed by atoms with Crippen LogP contribution in [0.3, 0.4) is 0 Å². The van der Waals surface area contributed by atoms with Crippen LogP contribution >= 0.6 is 0 Å². The van der Waals surface area contributed by atoms with Gasteiger partial charge in [0.2, 0.25) is 5.91 Å². The van der Waals surface area contributed by atoms with Gasteiger partial charge in [0.15, 0.2) is 0 Å². The molecule has 0 aromatic heterocycles. The minimum atomic E-state index is -0.583. The molecule has 10 heteroatoms. The van der Waals surface area contributed by atoms with Crippen molar-refractivity contribution < 1.29 is 14.6 Å². The summed E-state index contributed by atoms with van der Waals surface area (Å²) in [6.07, 6.45) is 1.99. The standard InChI is InChI=1S/C18H21N5O5/c19-18(24)17(21-14-6-10-16(11-7-14)23(27)28)3-1-2-12-20-13-4-8-15(9-5-13)22(25)26/h4-11,17,20-21H,1-3,12H2,(H2,19,24)/t17-/m0/s1. The highest BCUT2D eigenvalue weighted by atomic mass is 16.6. The van der Waals surface area contributed by atoms with Crippen molar-refractivity contribution in [3.8, 4) is 0 Å². The van der Waals surface area contributed by atoms with Crippen molar-refractivity contribution >= 4 is 28.7 Å². The van der Waals surface area contributed by atoms with Crippen molar-refractivity contribution in [1.29, 1.82) is 0 Å². The third-order valence-corrected chi connectivity index (χ3v) is 4.09. The molecule has 2 rings (SSSR count). The molecule has 1 atom stereocenters. The number of rotatable bonds is 11. The number of primary amides is 1. The molecule has 1 amide bonds. The summed E-state index contributed by atoms with van der Waals surface area (Å²) in [5.74, 6) is -0.498. The van der Waals surface area contributed by atoms with E-state index >= 15 is 0 Å². The molecule has 0 spiro atoms. The van der Waals surface area contributed by atoms with Gasteiger partial charge >= 0.3 is 0 Å². The lowest BCUT2D eigenvalue weighted by Crippen LogP contribution is -2.35. The molecule has 0 aliphatic heterocycles. The van der Waals surface area contributed by atoms with Gasteiger partial charge in [-0.2, -0.15) is 0 Å². The Bertz CT molecular complexity index is 823. The predicted octanol–water partition coefficient (Wildman–Crippen LogP) is 3.05. The van der Waals surface area contributed by atoms with E-state index in [1.807, 2.05) is 0 Å². The van der Waals surface area contributed by atoms with Crippen LogP contribution in [0.5, 0.6) is 0 Å². The van der Waals surface area contributed by atoms with Gasteiger partial charge in [0.05, 0.1) is 9.85 Å². The second kappa shape index (κ2) is 9.86. The number of anilines is 2. The van der Waals surface area contributed by atoms with Gasteiger partial charge in [-0.25, -0.2) is 0 Å². The number of carbonyl (C=O) groups is 1. The van der Waals surface area contributed by atoms with Gasteiger partial charge in [-0.15, -0.1) is 0 Å². The predicted molar refractivity (Wildman–Crippen MR) is 105 cm³/mol. The zero-order valence-electron chi connectivity index (χ0n) is 15.0. The Morgan fingerprint density at radius 1 is 0.893 bits per heavy atom. The number of unbranched alkanes of at least 4 members (excludes halogenated alkanes) is 1. The Balaban J connectivity index is 1.76. The Morgan fingerprint density at radius 3 is 1.86 bits per heavy atom. The molecule has 0 unspecified atom stereocenters. The van der Waals surface area contributed by atoms with E-state index in [9.17, 15) is 25.0 Å². The molecule has 148 valence electrons. The molecule has 0 bridgehead atoms. The number of nitrogens with two attached hydrogens (primary N) is 1. The normalized spacial score (nSPS) is 11.4. The van der Waals surface area contributed by atoms with E-state index in [1.54, 1.807) is 12.1 Å². The van der Waals surface area contributed by atoms with E-state index < -0.39 is 21.8 Å². The maximum absolute atomic E-state index is 11.6. The zero-order chi connectivity index (χ0) is 20.5. The Hall–Kier alpha value is -3.69. The first kappa shape index (κ1) is 20.6. The van der Waals surface area contributed by atoms with Crippen LogP contribution in [0.15, 0.2) is 48.5 Å². The van der Waals surface area contributed by atoms with Gasteiger partial charge in [-0.3, -0.25) is 25.0 Å². The highest BCUT2D eigenvalue weighted by Gasteiger charge is 2.15. The molecule has 0 fully saturated rings. The van der Waals surface area contributed by atoms with E-state index in [4.69, 9.17) is 5.73 Å². The van der Waals surface area contributed by atoms with Crippen LogP contribution in [0.25, 0.3) is 0 Å². The van der Waals surface area contributed by atoms with E-state index in [1.165, 1.54) is 36.4 Å². The van der Waals surface area contributed by atoms with E-state index in [-0.39, 0.29) is 11.4 Å². The lowest BCUT2D eigenvalue weighted by molar-refractivity contribution is -0.385. The third-order valence-electron chi connectivity index (χ3n) is 4.09. The summed E-state index contributed by atoms with van der Waals surface area (Å²) in [5, 5.41) is 27.4. The molecule has 4 N–H and O–H groups in total. The third kappa shape index (κ3) is 6.24. The van der Waals surface area contributed by atoms with Crippen molar-refractivity contribution in [3.63, 3.8) is 0 Å². The second-order valence-corrected chi connectivity index (χ2v) is 6.13. The number of nitro benzene ring substituents is 2. The molecular formula is C18H21N5O5. The molecule has 28 heavy (non-hydrogen) atoms. The van der Waals surface area contributed by atoms with Crippen LogP contribution in [0.2, 0.25) is 0 Å². The molecule has 0 radical (unpaired) electrons. The second-order valence-electron chi connectivity index (χ2n) is 6.13. The molecule has 0 saturated heterocycles. The summed E-state index contributed by atoms with van der Waals surface area (Å²) in [6, 6.07) is 11.3. The highest BCUT2D eigenvalue weighted by Crippen LogP contribution is 2.18. The summed E-state index contributed by atoms with van der Waals surface area (Å²) in [7, 11) is 0. The number of nitrogens with zero attached hydrogens (tertiary/aromatic N) is 2. The largest absolute Gasteiger partial charge is 0.385 e. The van der Waals surface area contributed by atoms with Gasteiger partial charge in [-0.1, -0.05) is 0 Å². The summed E-state index contributed by atoms with van der Waals surface area (Å²) >= 11 is 0. The van der Waals surface area contributed by atoms with Crippen LogP contribution in [0.1, 0.15) is 19.3 Å². The van der Waals surface area contributed by atoms with E-state index in [0.29, 0.717) is 25.1 Å². The van der Waals surface area contributed by atoms with Crippen molar-refractivity contribution in [2.24, 2.45) is 5.73 Å². The maximum Gasteiger partial charge on any atom is 0.269 e. The van der Waals surface area contributed by atoms with Crippen molar-refractivity contribution in [2.75, 3.05) is 17.2 Å². The number of hydrogen-bond acceptors (Lipinski definition) is 7. The number of amides is 1. The number of nitro groups is 2. The van der Waals surface area contributed by atoms with E-state index in [0.717, 1.165) is 12.1 Å². The quantitative estimate of drug-likeness (QED) is 0.304. The molecule has 0 aliphatic carbocycles. The fourth-order valence-corrected chi connectivity index (χ4v) is 2.57. The van der Waals surface area contributed by atoms with Crippen molar-refractivity contribution in [1.82, 2.24) is 0 Å². The first-order chi connectivity index (χ1) is 13.4. The molecule has 2 aromatic rings. The average molecular weight is 387 g/mol. The van der Waals surface area contributed by atoms with Gasteiger partial charge in [0, 0.05) is 42.2 Å². The fourth-order valence-electron chi connectivity index (χ4n) is 2.57. The first-order valence-corrected chi connectivity index (χ1v) is 8.65. The molecule has 0 heterocycles. The molecule has 0 aliphatic rings. The smallest absolute Gasteiger partial charge is 0.269 e. The average Bonchev–Trinajstić information content (AvgIpc) is 2.67. The summed E-state index contributed by atoms with van der Waals surface area (Å²) in [4.78, 5) is 32.0. The van der Waals surface area contributed by atoms with Gasteiger partial charge in [-0.05, 0) is 43.5 Å². The molecule has 2 aromatic carbocycles. The van der Waals surface area contributed by atoms with Gasteiger partial charge < -0.3 is 16.4 Å². The van der Waals surface area contributed by atoms with Crippen LogP contribution in [0, 0.1) is 20.2 Å². The minimum absolute atomic E-state index is 0.0292. The van der Waals surface area contributed by atoms with Crippen LogP contribution in [-0.4, -0.2) is 28.3 Å². The minimum Gasteiger partial charge on any atom is -0.385 e. The lowest BCUT2D eigenvalue weighted by Gasteiger charge is -2.16. The fraction of sp³-hybridized carbons (Fsp3) is 0.278. The Labute approximate surface area is 161 Å². The van der Waals surface area contributed by atoms with Crippen LogP contribution in [-0.2, 0) is 4.79 Å². The van der Waals surface area contributed by atoms with Gasteiger partial charge in [0.1, 0.15) is 6.04 Å². The molecular weight excluding hydrogens is 366 g/mol. The number of benzene rings is 2. The van der Waals surface area contributed by atoms with Crippen LogP contribution < -0.4 is 16.4 Å². The van der Waals surface area contributed by atoms with Crippen molar-refractivity contribution in [3.05, 3.63) is 68.8 Å². The topological polar surface area (TPSA) is 153 Å².